The van der Waals surface area contributed by atoms with Crippen LogP contribution in [0.1, 0.15) is 37.6 Å². The molecule has 2 nitrogen and oxygen atoms in total. The molecular weight excluding hydrogens is 465 g/mol. The molecule has 3 heterocycles. The summed E-state index contributed by atoms with van der Waals surface area (Å²) in [5.74, 6) is 0. The van der Waals surface area contributed by atoms with Gasteiger partial charge in [-0.25, -0.2) is 0 Å². The summed E-state index contributed by atoms with van der Waals surface area (Å²) in [6.07, 6.45) is 3.42. The third kappa shape index (κ3) is 2.51. The predicted octanol–water partition coefficient (Wildman–Crippen LogP) is 5.92. The number of halogens is 4. The second-order valence-electron chi connectivity index (χ2n) is 7.61. The molecule has 134 valence electrons. The monoisotopic (exact) mass is 480 g/mol. The van der Waals surface area contributed by atoms with Crippen LogP contribution in [0.5, 0.6) is 0 Å². The van der Waals surface area contributed by atoms with Crippen molar-refractivity contribution in [2.45, 2.75) is 26.2 Å². The van der Waals surface area contributed by atoms with Gasteiger partial charge in [-0.1, -0.05) is 45.0 Å². The number of rotatable bonds is 1. The van der Waals surface area contributed by atoms with Gasteiger partial charge >= 0.3 is 6.97 Å². The zero-order valence-electron chi connectivity index (χ0n) is 14.6. The van der Waals surface area contributed by atoms with Crippen LogP contribution in [0.3, 0.4) is 0 Å². The Kier molecular flexibility index (Phi) is 3.97. The third-order valence-corrected chi connectivity index (χ3v) is 6.20. The summed E-state index contributed by atoms with van der Waals surface area (Å²) < 4.78 is 33.3. The van der Waals surface area contributed by atoms with Gasteiger partial charge < -0.3 is 17.6 Å². The highest BCUT2D eigenvalue weighted by Crippen LogP contribution is 2.42. The average molecular weight is 482 g/mol. The molecule has 2 aliphatic rings. The molecule has 7 heteroatoms. The number of nitrogens with zero attached hydrogens (tertiary/aromatic N) is 2. The topological polar surface area (TPSA) is 7.94 Å². The van der Waals surface area contributed by atoms with Crippen molar-refractivity contribution >= 4 is 49.0 Å². The fraction of sp³-hybridized carbons (Fsp3) is 0.211. The molecule has 0 spiro atoms. The van der Waals surface area contributed by atoms with E-state index in [2.05, 4.69) is 64.8 Å². The van der Waals surface area contributed by atoms with Crippen LogP contribution in [0.25, 0.3) is 5.57 Å². The van der Waals surface area contributed by atoms with Crippen molar-refractivity contribution in [3.63, 3.8) is 0 Å². The maximum Gasteiger partial charge on any atom is 0.738 e. The van der Waals surface area contributed by atoms with E-state index in [1.807, 2.05) is 12.1 Å². The number of aromatic nitrogens is 1. The van der Waals surface area contributed by atoms with E-state index in [-0.39, 0.29) is 5.41 Å². The Labute approximate surface area is 168 Å². The molecule has 0 amide bonds. The Balaban J connectivity index is 1.98. The number of allylic oxidation sites excluding steroid dienone is 2. The van der Waals surface area contributed by atoms with E-state index in [0.717, 1.165) is 20.1 Å². The molecule has 1 aromatic carbocycles. The Morgan fingerprint density at radius 2 is 1.62 bits per heavy atom. The van der Waals surface area contributed by atoms with Crippen LogP contribution in [0.15, 0.2) is 58.9 Å². The summed E-state index contributed by atoms with van der Waals surface area (Å²) in [5, 5.41) is 0. The van der Waals surface area contributed by atoms with Gasteiger partial charge in [0.1, 0.15) is 0 Å². The minimum Gasteiger partial charge on any atom is -0.389 e. The zero-order chi connectivity index (χ0) is 18.9. The molecule has 2 aromatic rings. The zero-order valence-corrected chi connectivity index (χ0v) is 17.8. The molecule has 0 saturated heterocycles. The highest BCUT2D eigenvalue weighted by Gasteiger charge is 2.54. The van der Waals surface area contributed by atoms with Gasteiger partial charge in [0.2, 0.25) is 4.62 Å². The highest BCUT2D eigenvalue weighted by atomic mass is 79.9. The lowest BCUT2D eigenvalue weighted by Gasteiger charge is -2.32. The SMILES string of the molecule is CC(C)(C)c1ccc(C2=C3C=CC(Br)=[N+]3[B-](F)(F)n3c(Br)ccc32)cc1. The van der Waals surface area contributed by atoms with E-state index in [1.165, 1.54) is 5.56 Å². The minimum absolute atomic E-state index is 0.0401. The average Bonchev–Trinajstić information content (AvgIpc) is 3.12. The van der Waals surface area contributed by atoms with E-state index in [0.29, 0.717) is 20.6 Å². The summed E-state index contributed by atoms with van der Waals surface area (Å²) in [7, 11) is 0. The van der Waals surface area contributed by atoms with Crippen LogP contribution >= 0.6 is 31.9 Å². The molecule has 0 atom stereocenters. The maximum absolute atomic E-state index is 15.2. The van der Waals surface area contributed by atoms with Crippen LogP contribution in [0.2, 0.25) is 0 Å². The first-order chi connectivity index (χ1) is 12.1. The molecule has 4 rings (SSSR count). The van der Waals surface area contributed by atoms with E-state index in [9.17, 15) is 0 Å². The van der Waals surface area contributed by atoms with Crippen molar-refractivity contribution in [2.24, 2.45) is 0 Å². The van der Waals surface area contributed by atoms with E-state index < -0.39 is 6.97 Å². The normalized spacial score (nSPS) is 18.4. The molecule has 26 heavy (non-hydrogen) atoms. The van der Waals surface area contributed by atoms with Gasteiger partial charge in [0.15, 0.2) is 5.70 Å². The summed E-state index contributed by atoms with van der Waals surface area (Å²) in [4.78, 5) is 0. The first kappa shape index (κ1) is 17.9. The third-order valence-electron chi connectivity index (χ3n) is 4.91. The van der Waals surface area contributed by atoms with Crippen molar-refractivity contribution in [1.29, 1.82) is 0 Å². The van der Waals surface area contributed by atoms with Crippen molar-refractivity contribution < 1.29 is 13.1 Å². The molecule has 1 aromatic heterocycles. The largest absolute Gasteiger partial charge is 0.738 e. The summed E-state index contributed by atoms with van der Waals surface area (Å²) >= 11 is 6.57. The van der Waals surface area contributed by atoms with Gasteiger partial charge in [-0.05, 0) is 44.6 Å². The minimum atomic E-state index is -3.97. The summed E-state index contributed by atoms with van der Waals surface area (Å²) in [6.45, 7) is 2.50. The lowest BCUT2D eigenvalue weighted by Crippen LogP contribution is -2.50. The van der Waals surface area contributed by atoms with Gasteiger partial charge in [-0.3, -0.25) is 0 Å². The smallest absolute Gasteiger partial charge is 0.389 e. The highest BCUT2D eigenvalue weighted by molar-refractivity contribution is 9.18. The standard InChI is InChI=1S/C19H17BBr2F2N2/c1-19(2,3)13-6-4-12(5-7-13)18-14-8-10-16(21)25(14)20(23,24)26-15(18)9-11-17(26)22/h4-11H,1-3H3. The number of hydrogen-bond acceptors (Lipinski definition) is 0. The second-order valence-corrected chi connectivity index (χ2v) is 9.24. The van der Waals surface area contributed by atoms with Crippen LogP contribution in [0.4, 0.5) is 8.63 Å². The quantitative estimate of drug-likeness (QED) is 0.447. The van der Waals surface area contributed by atoms with Gasteiger partial charge in [0.25, 0.3) is 0 Å². The molecule has 0 fully saturated rings. The lowest BCUT2D eigenvalue weighted by atomic mass is 9.84. The molecule has 2 aliphatic heterocycles. The Morgan fingerprint density at radius 3 is 2.23 bits per heavy atom. The molecular formula is C19H17BBr2F2N2. The fourth-order valence-corrected chi connectivity index (χ4v) is 4.70. The van der Waals surface area contributed by atoms with E-state index in [1.54, 1.807) is 24.3 Å². The molecule has 0 unspecified atom stereocenters. The van der Waals surface area contributed by atoms with Gasteiger partial charge in [0, 0.05) is 33.8 Å². The molecule has 0 aliphatic carbocycles. The van der Waals surface area contributed by atoms with Crippen molar-refractivity contribution in [3.8, 4) is 0 Å². The van der Waals surface area contributed by atoms with Gasteiger partial charge in [-0.2, -0.15) is 0 Å². The Bertz CT molecular complexity index is 1010. The maximum atomic E-state index is 15.2. The summed E-state index contributed by atoms with van der Waals surface area (Å²) in [5.41, 5.74) is 4.00. The first-order valence-electron chi connectivity index (χ1n) is 8.37. The van der Waals surface area contributed by atoms with Crippen LogP contribution < -0.4 is 0 Å². The first-order valence-corrected chi connectivity index (χ1v) is 9.95. The Hall–Kier alpha value is -1.47. The van der Waals surface area contributed by atoms with Crippen LogP contribution in [0, 0.1) is 0 Å². The molecule has 0 bridgehead atoms. The second kappa shape index (κ2) is 5.76. The number of hydrogen-bond donors (Lipinski definition) is 0. The van der Waals surface area contributed by atoms with Gasteiger partial charge in [0.05, 0.1) is 10.2 Å². The fourth-order valence-electron chi connectivity index (χ4n) is 3.57. The summed E-state index contributed by atoms with van der Waals surface area (Å²) in [6, 6.07) is 11.6. The molecule has 0 saturated carbocycles. The van der Waals surface area contributed by atoms with E-state index in [4.69, 9.17) is 0 Å². The van der Waals surface area contributed by atoms with Crippen molar-refractivity contribution in [2.75, 3.05) is 0 Å². The van der Waals surface area contributed by atoms with Gasteiger partial charge in [-0.15, -0.1) is 0 Å². The predicted molar refractivity (Wildman–Crippen MR) is 110 cm³/mol. The van der Waals surface area contributed by atoms with Crippen molar-refractivity contribution in [1.82, 2.24) is 4.48 Å². The lowest BCUT2D eigenvalue weighted by molar-refractivity contribution is -0.358. The van der Waals surface area contributed by atoms with E-state index >= 15 is 8.63 Å². The van der Waals surface area contributed by atoms with Crippen LogP contribution in [-0.2, 0) is 5.41 Å². The molecule has 0 N–H and O–H groups in total. The van der Waals surface area contributed by atoms with Crippen molar-refractivity contribution in [3.05, 3.63) is 75.7 Å². The Morgan fingerprint density at radius 1 is 0.962 bits per heavy atom. The number of fused-ring (bicyclic) bond motifs is 2. The van der Waals surface area contributed by atoms with Crippen LogP contribution in [-0.4, -0.2) is 20.6 Å². The number of benzene rings is 1. The molecule has 0 radical (unpaired) electrons.